The van der Waals surface area contributed by atoms with Crippen LogP contribution in [0, 0.1) is 12.8 Å². The Balaban J connectivity index is 1.90. The van der Waals surface area contributed by atoms with Crippen LogP contribution in [0.3, 0.4) is 0 Å². The fraction of sp³-hybridized carbons (Fsp3) is 0.462. The highest BCUT2D eigenvalue weighted by Crippen LogP contribution is 2.33. The first kappa shape index (κ1) is 11.2. The Morgan fingerprint density at radius 1 is 1.39 bits per heavy atom. The van der Waals surface area contributed by atoms with Crippen LogP contribution < -0.4 is 5.73 Å². The van der Waals surface area contributed by atoms with Gasteiger partial charge in [-0.2, -0.15) is 0 Å². The molecular weight excluding hydrogens is 226 g/mol. The zero-order valence-corrected chi connectivity index (χ0v) is 10.5. The average molecular weight is 243 g/mol. The number of tetrazole rings is 1. The van der Waals surface area contributed by atoms with Gasteiger partial charge in [0.1, 0.15) is 0 Å². The summed E-state index contributed by atoms with van der Waals surface area (Å²) in [6.07, 6.45) is 3.88. The number of hydrogen-bond acceptors (Lipinski definition) is 4. The maximum atomic E-state index is 5.93. The van der Waals surface area contributed by atoms with Gasteiger partial charge in [0.15, 0.2) is 5.82 Å². The molecule has 3 rings (SSSR count). The van der Waals surface area contributed by atoms with Gasteiger partial charge in [0.2, 0.25) is 0 Å². The molecule has 1 aliphatic carbocycles. The molecule has 1 saturated carbocycles. The molecule has 5 heteroatoms. The zero-order chi connectivity index (χ0) is 12.5. The van der Waals surface area contributed by atoms with Crippen molar-refractivity contribution in [2.75, 3.05) is 5.73 Å². The summed E-state index contributed by atoms with van der Waals surface area (Å²) in [6.45, 7) is 2.89. The summed E-state index contributed by atoms with van der Waals surface area (Å²) in [5.41, 5.74) is 8.78. The molecule has 1 aromatic heterocycles. The maximum Gasteiger partial charge on any atom is 0.182 e. The summed E-state index contributed by atoms with van der Waals surface area (Å²) in [5.74, 6) is 1.70. The predicted molar refractivity (Wildman–Crippen MR) is 69.7 cm³/mol. The average Bonchev–Trinajstić information content (AvgIpc) is 3.08. The van der Waals surface area contributed by atoms with Gasteiger partial charge in [0, 0.05) is 17.8 Å². The van der Waals surface area contributed by atoms with E-state index in [1.54, 1.807) is 0 Å². The van der Waals surface area contributed by atoms with Crippen LogP contribution in [0.2, 0.25) is 0 Å². The number of hydrogen-bond donors (Lipinski definition) is 1. The molecule has 1 fully saturated rings. The Morgan fingerprint density at radius 2 is 2.22 bits per heavy atom. The Morgan fingerprint density at radius 3 is 3.00 bits per heavy atom. The first-order valence-corrected chi connectivity index (χ1v) is 6.37. The maximum absolute atomic E-state index is 5.93. The molecule has 1 aliphatic rings. The quantitative estimate of drug-likeness (QED) is 0.834. The van der Waals surface area contributed by atoms with E-state index in [1.807, 2.05) is 29.8 Å². The van der Waals surface area contributed by atoms with Gasteiger partial charge in [-0.05, 0) is 41.3 Å². The van der Waals surface area contributed by atoms with Crippen LogP contribution in [-0.4, -0.2) is 20.2 Å². The van der Waals surface area contributed by atoms with E-state index in [-0.39, 0.29) is 0 Å². The van der Waals surface area contributed by atoms with Crippen LogP contribution in [0.5, 0.6) is 0 Å². The Labute approximate surface area is 106 Å². The number of aromatic nitrogens is 4. The van der Waals surface area contributed by atoms with E-state index in [1.165, 1.54) is 19.3 Å². The molecule has 0 bridgehead atoms. The van der Waals surface area contributed by atoms with Gasteiger partial charge in [-0.3, -0.25) is 0 Å². The number of anilines is 1. The SMILES string of the molecule is Cc1c(N)cccc1-c1nnnn1CCC1CC1. The summed E-state index contributed by atoms with van der Waals surface area (Å²) in [5, 5.41) is 12.0. The number of benzene rings is 1. The number of nitrogens with two attached hydrogens (primary N) is 1. The van der Waals surface area contributed by atoms with Gasteiger partial charge in [0.05, 0.1) is 0 Å². The standard InChI is InChI=1S/C13H17N5/c1-9-11(3-2-4-12(9)14)13-15-16-17-18(13)8-7-10-5-6-10/h2-4,10H,5-8,14H2,1H3. The van der Waals surface area contributed by atoms with Crippen molar-refractivity contribution >= 4 is 5.69 Å². The largest absolute Gasteiger partial charge is 0.398 e. The molecule has 2 N–H and O–H groups in total. The molecule has 18 heavy (non-hydrogen) atoms. The minimum absolute atomic E-state index is 0.782. The third kappa shape index (κ3) is 2.08. The van der Waals surface area contributed by atoms with Gasteiger partial charge in [-0.25, -0.2) is 4.68 Å². The molecule has 0 atom stereocenters. The Bertz CT molecular complexity index is 556. The molecule has 2 aromatic rings. The van der Waals surface area contributed by atoms with Gasteiger partial charge in [0.25, 0.3) is 0 Å². The second-order valence-electron chi connectivity index (χ2n) is 4.98. The van der Waals surface area contributed by atoms with Gasteiger partial charge in [-0.15, -0.1) is 5.10 Å². The summed E-state index contributed by atoms with van der Waals surface area (Å²) in [7, 11) is 0. The van der Waals surface area contributed by atoms with Crippen LogP contribution in [0.1, 0.15) is 24.8 Å². The molecule has 94 valence electrons. The number of nitrogens with zero attached hydrogens (tertiary/aromatic N) is 4. The van der Waals surface area contributed by atoms with Gasteiger partial charge in [-0.1, -0.05) is 25.0 Å². The van der Waals surface area contributed by atoms with Crippen LogP contribution in [-0.2, 0) is 6.54 Å². The number of rotatable bonds is 4. The lowest BCUT2D eigenvalue weighted by atomic mass is 10.1. The highest BCUT2D eigenvalue weighted by molar-refractivity contribution is 5.67. The van der Waals surface area contributed by atoms with E-state index >= 15 is 0 Å². The van der Waals surface area contributed by atoms with Gasteiger partial charge >= 0.3 is 0 Å². The van der Waals surface area contributed by atoms with E-state index in [2.05, 4.69) is 15.5 Å². The zero-order valence-electron chi connectivity index (χ0n) is 10.5. The smallest absolute Gasteiger partial charge is 0.182 e. The molecule has 0 aliphatic heterocycles. The van der Waals surface area contributed by atoms with Crippen molar-refractivity contribution in [3.8, 4) is 11.4 Å². The summed E-state index contributed by atoms with van der Waals surface area (Å²) in [4.78, 5) is 0. The van der Waals surface area contributed by atoms with Crippen molar-refractivity contribution < 1.29 is 0 Å². The lowest BCUT2D eigenvalue weighted by Gasteiger charge is -2.08. The minimum atomic E-state index is 0.782. The van der Waals surface area contributed by atoms with Crippen molar-refractivity contribution in [3.05, 3.63) is 23.8 Å². The lowest BCUT2D eigenvalue weighted by Crippen LogP contribution is -2.05. The predicted octanol–water partition coefficient (Wildman–Crippen LogP) is 2.03. The fourth-order valence-electron chi connectivity index (χ4n) is 2.16. The van der Waals surface area contributed by atoms with E-state index in [9.17, 15) is 0 Å². The van der Waals surface area contributed by atoms with Crippen LogP contribution >= 0.6 is 0 Å². The molecule has 0 saturated heterocycles. The van der Waals surface area contributed by atoms with Crippen molar-refractivity contribution in [3.63, 3.8) is 0 Å². The highest BCUT2D eigenvalue weighted by atomic mass is 15.5. The summed E-state index contributed by atoms with van der Waals surface area (Å²) >= 11 is 0. The summed E-state index contributed by atoms with van der Waals surface area (Å²) < 4.78 is 1.89. The highest BCUT2D eigenvalue weighted by Gasteiger charge is 2.22. The molecule has 1 aromatic carbocycles. The third-order valence-corrected chi connectivity index (χ3v) is 3.59. The van der Waals surface area contributed by atoms with Crippen molar-refractivity contribution in [1.29, 1.82) is 0 Å². The summed E-state index contributed by atoms with van der Waals surface area (Å²) in [6, 6.07) is 5.86. The molecular formula is C13H17N5. The van der Waals surface area contributed by atoms with Crippen molar-refractivity contribution in [2.45, 2.75) is 32.7 Å². The molecule has 0 unspecified atom stereocenters. The van der Waals surface area contributed by atoms with E-state index in [0.29, 0.717) is 0 Å². The van der Waals surface area contributed by atoms with Gasteiger partial charge < -0.3 is 5.73 Å². The second kappa shape index (κ2) is 4.40. The lowest BCUT2D eigenvalue weighted by molar-refractivity contribution is 0.535. The first-order valence-electron chi connectivity index (χ1n) is 6.37. The number of nitrogen functional groups attached to an aromatic ring is 1. The second-order valence-corrected chi connectivity index (χ2v) is 4.98. The first-order chi connectivity index (χ1) is 8.75. The molecule has 0 spiro atoms. The van der Waals surface area contributed by atoms with E-state index in [0.717, 1.165) is 35.1 Å². The Kier molecular flexibility index (Phi) is 2.74. The third-order valence-electron chi connectivity index (χ3n) is 3.59. The monoisotopic (exact) mass is 243 g/mol. The van der Waals surface area contributed by atoms with Crippen LogP contribution in [0.4, 0.5) is 5.69 Å². The van der Waals surface area contributed by atoms with Crippen LogP contribution in [0.25, 0.3) is 11.4 Å². The Hall–Kier alpha value is -1.91. The minimum Gasteiger partial charge on any atom is -0.398 e. The molecule has 0 radical (unpaired) electrons. The molecule has 5 nitrogen and oxygen atoms in total. The topological polar surface area (TPSA) is 69.6 Å². The number of aryl methyl sites for hydroxylation is 1. The van der Waals surface area contributed by atoms with Crippen LogP contribution in [0.15, 0.2) is 18.2 Å². The fourth-order valence-corrected chi connectivity index (χ4v) is 2.16. The van der Waals surface area contributed by atoms with Crippen molar-refractivity contribution in [1.82, 2.24) is 20.2 Å². The van der Waals surface area contributed by atoms with E-state index in [4.69, 9.17) is 5.73 Å². The normalized spacial score (nSPS) is 14.9. The molecule has 1 heterocycles. The van der Waals surface area contributed by atoms with E-state index < -0.39 is 0 Å². The molecule has 0 amide bonds. The van der Waals surface area contributed by atoms with Crippen molar-refractivity contribution in [2.24, 2.45) is 5.92 Å².